The summed E-state index contributed by atoms with van der Waals surface area (Å²) in [5, 5.41) is 12.5. The van der Waals surface area contributed by atoms with E-state index in [9.17, 15) is 0 Å². The third-order valence-electron chi connectivity index (χ3n) is 5.67. The number of fused-ring (bicyclic) bond motifs is 2. The van der Waals surface area contributed by atoms with Gasteiger partial charge in [-0.1, -0.05) is 35.9 Å². The van der Waals surface area contributed by atoms with Crippen LogP contribution in [0.4, 0.5) is 11.5 Å². The molecule has 0 radical (unpaired) electrons. The van der Waals surface area contributed by atoms with Crippen LogP contribution in [0.15, 0.2) is 55.0 Å². The predicted octanol–water partition coefficient (Wildman–Crippen LogP) is 4.44. The minimum atomic E-state index is 0.522. The number of para-hydroxylation sites is 1. The number of hydrogen-bond acceptors (Lipinski definition) is 5. The van der Waals surface area contributed by atoms with E-state index in [1.807, 2.05) is 10.9 Å². The van der Waals surface area contributed by atoms with E-state index >= 15 is 0 Å². The first-order valence-electron chi connectivity index (χ1n) is 10.0. The monoisotopic (exact) mass is 384 g/mol. The second kappa shape index (κ2) is 7.20. The first-order chi connectivity index (χ1) is 14.2. The molecule has 0 saturated carbocycles. The molecule has 3 heterocycles. The molecule has 146 valence electrons. The van der Waals surface area contributed by atoms with E-state index in [0.717, 1.165) is 42.0 Å². The molecule has 2 aromatic carbocycles. The number of nitrogens with one attached hydrogen (secondary N) is 2. The van der Waals surface area contributed by atoms with Gasteiger partial charge in [0.1, 0.15) is 12.1 Å². The van der Waals surface area contributed by atoms with Crippen LogP contribution in [0, 0.1) is 13.8 Å². The highest BCUT2D eigenvalue weighted by Gasteiger charge is 2.21. The Kier molecular flexibility index (Phi) is 4.39. The van der Waals surface area contributed by atoms with Gasteiger partial charge in [-0.05, 0) is 43.5 Å². The van der Waals surface area contributed by atoms with Gasteiger partial charge in [0, 0.05) is 24.7 Å². The standard InChI is InChI=1S/C23H24N6/c1-15-7-8-21(16(2)11-15)29-23-19(13-28-29)22(26-14-27-23)24-10-9-17-12-25-20-6-4-3-5-18(17)20/h3-8,11,13-14,17,25H,9-10,12H2,1-2H3,(H,24,26,27). The maximum atomic E-state index is 4.60. The third kappa shape index (κ3) is 3.20. The number of aryl methyl sites for hydroxylation is 2. The van der Waals surface area contributed by atoms with Crippen molar-refractivity contribution in [2.45, 2.75) is 26.2 Å². The van der Waals surface area contributed by atoms with Gasteiger partial charge in [0.05, 0.1) is 17.3 Å². The van der Waals surface area contributed by atoms with Gasteiger partial charge in [-0.2, -0.15) is 5.10 Å². The molecule has 1 aliphatic heterocycles. The van der Waals surface area contributed by atoms with E-state index in [0.29, 0.717) is 5.92 Å². The second-order valence-corrected chi connectivity index (χ2v) is 7.69. The lowest BCUT2D eigenvalue weighted by Gasteiger charge is -2.12. The second-order valence-electron chi connectivity index (χ2n) is 7.69. The normalized spacial score (nSPS) is 15.3. The fourth-order valence-corrected chi connectivity index (χ4v) is 4.18. The van der Waals surface area contributed by atoms with E-state index in [1.165, 1.54) is 22.4 Å². The number of rotatable bonds is 5. The summed E-state index contributed by atoms with van der Waals surface area (Å²) in [7, 11) is 0. The van der Waals surface area contributed by atoms with Crippen molar-refractivity contribution in [1.29, 1.82) is 0 Å². The molecule has 1 atom stereocenters. The fourth-order valence-electron chi connectivity index (χ4n) is 4.18. The summed E-state index contributed by atoms with van der Waals surface area (Å²) >= 11 is 0. The van der Waals surface area contributed by atoms with Crippen LogP contribution in [-0.2, 0) is 0 Å². The largest absolute Gasteiger partial charge is 0.384 e. The molecule has 6 nitrogen and oxygen atoms in total. The van der Waals surface area contributed by atoms with E-state index < -0.39 is 0 Å². The highest BCUT2D eigenvalue weighted by molar-refractivity contribution is 5.87. The Hall–Kier alpha value is -3.41. The predicted molar refractivity (Wildman–Crippen MR) is 117 cm³/mol. The fraction of sp³-hybridized carbons (Fsp3) is 0.261. The molecule has 0 bridgehead atoms. The first-order valence-corrected chi connectivity index (χ1v) is 10.0. The van der Waals surface area contributed by atoms with Crippen LogP contribution in [0.2, 0.25) is 0 Å². The van der Waals surface area contributed by atoms with E-state index in [1.54, 1.807) is 6.33 Å². The Labute approximate surface area is 170 Å². The smallest absolute Gasteiger partial charge is 0.168 e. The summed E-state index contributed by atoms with van der Waals surface area (Å²) in [5.41, 5.74) is 6.95. The number of benzene rings is 2. The average molecular weight is 384 g/mol. The van der Waals surface area contributed by atoms with Crippen LogP contribution >= 0.6 is 0 Å². The molecule has 0 amide bonds. The van der Waals surface area contributed by atoms with Crippen molar-refractivity contribution in [3.05, 3.63) is 71.7 Å². The van der Waals surface area contributed by atoms with Crippen LogP contribution < -0.4 is 10.6 Å². The molecule has 2 aromatic heterocycles. The van der Waals surface area contributed by atoms with Gasteiger partial charge >= 0.3 is 0 Å². The minimum Gasteiger partial charge on any atom is -0.384 e. The van der Waals surface area contributed by atoms with Gasteiger partial charge in [0.2, 0.25) is 0 Å². The van der Waals surface area contributed by atoms with Gasteiger partial charge in [-0.25, -0.2) is 14.6 Å². The summed E-state index contributed by atoms with van der Waals surface area (Å²) < 4.78 is 1.90. The minimum absolute atomic E-state index is 0.522. The highest BCUT2D eigenvalue weighted by atomic mass is 15.3. The lowest BCUT2D eigenvalue weighted by Crippen LogP contribution is -2.11. The molecule has 0 spiro atoms. The molecule has 6 heteroatoms. The molecular formula is C23H24N6. The molecule has 1 aliphatic rings. The number of hydrogen-bond donors (Lipinski definition) is 2. The molecule has 5 rings (SSSR count). The van der Waals surface area contributed by atoms with Crippen LogP contribution in [0.1, 0.15) is 29.0 Å². The van der Waals surface area contributed by atoms with Crippen LogP contribution in [0.3, 0.4) is 0 Å². The van der Waals surface area contributed by atoms with Gasteiger partial charge in [0.15, 0.2) is 5.65 Å². The molecule has 0 saturated heterocycles. The Morgan fingerprint density at radius 3 is 2.93 bits per heavy atom. The molecule has 29 heavy (non-hydrogen) atoms. The van der Waals surface area contributed by atoms with Gasteiger partial charge in [-0.3, -0.25) is 0 Å². The number of aromatic nitrogens is 4. The average Bonchev–Trinajstić information content (AvgIpc) is 3.33. The van der Waals surface area contributed by atoms with Gasteiger partial charge in [0.25, 0.3) is 0 Å². The Morgan fingerprint density at radius 1 is 1.14 bits per heavy atom. The zero-order valence-corrected chi connectivity index (χ0v) is 16.7. The van der Waals surface area contributed by atoms with E-state index in [2.05, 4.69) is 82.0 Å². The van der Waals surface area contributed by atoms with Crippen molar-refractivity contribution in [2.24, 2.45) is 0 Å². The Balaban J connectivity index is 1.36. The van der Waals surface area contributed by atoms with Crippen molar-refractivity contribution in [1.82, 2.24) is 19.7 Å². The lowest BCUT2D eigenvalue weighted by atomic mass is 9.98. The first kappa shape index (κ1) is 17.7. The molecule has 0 aliphatic carbocycles. The molecular weight excluding hydrogens is 360 g/mol. The summed E-state index contributed by atoms with van der Waals surface area (Å²) in [4.78, 5) is 8.96. The molecule has 4 aromatic rings. The summed E-state index contributed by atoms with van der Waals surface area (Å²) in [6.45, 7) is 6.04. The van der Waals surface area contributed by atoms with Gasteiger partial charge < -0.3 is 10.6 Å². The van der Waals surface area contributed by atoms with Crippen LogP contribution in [-0.4, -0.2) is 32.8 Å². The Bertz CT molecular complexity index is 1180. The molecule has 2 N–H and O–H groups in total. The zero-order valence-electron chi connectivity index (χ0n) is 16.7. The molecule has 0 fully saturated rings. The Morgan fingerprint density at radius 2 is 2.03 bits per heavy atom. The number of nitrogens with zero attached hydrogens (tertiary/aromatic N) is 4. The van der Waals surface area contributed by atoms with Gasteiger partial charge in [-0.15, -0.1) is 0 Å². The van der Waals surface area contributed by atoms with E-state index in [-0.39, 0.29) is 0 Å². The summed E-state index contributed by atoms with van der Waals surface area (Å²) in [6, 6.07) is 14.9. The number of anilines is 2. The van der Waals surface area contributed by atoms with Crippen molar-refractivity contribution < 1.29 is 0 Å². The maximum absolute atomic E-state index is 4.60. The topological polar surface area (TPSA) is 67.7 Å². The van der Waals surface area contributed by atoms with E-state index in [4.69, 9.17) is 0 Å². The van der Waals surface area contributed by atoms with Crippen molar-refractivity contribution in [3.8, 4) is 5.69 Å². The van der Waals surface area contributed by atoms with Crippen LogP contribution in [0.25, 0.3) is 16.7 Å². The molecule has 1 unspecified atom stereocenters. The lowest BCUT2D eigenvalue weighted by molar-refractivity contribution is 0.700. The highest BCUT2D eigenvalue weighted by Crippen LogP contribution is 2.33. The quantitative estimate of drug-likeness (QED) is 0.532. The zero-order chi connectivity index (χ0) is 19.8. The van der Waals surface area contributed by atoms with Crippen molar-refractivity contribution >= 4 is 22.5 Å². The third-order valence-corrected chi connectivity index (χ3v) is 5.67. The maximum Gasteiger partial charge on any atom is 0.168 e. The summed E-state index contributed by atoms with van der Waals surface area (Å²) in [5.74, 6) is 1.36. The summed E-state index contributed by atoms with van der Waals surface area (Å²) in [6.07, 6.45) is 4.50. The van der Waals surface area contributed by atoms with Crippen LogP contribution in [0.5, 0.6) is 0 Å². The van der Waals surface area contributed by atoms with Crippen molar-refractivity contribution in [2.75, 3.05) is 23.7 Å². The van der Waals surface area contributed by atoms with Crippen molar-refractivity contribution in [3.63, 3.8) is 0 Å². The SMILES string of the molecule is Cc1ccc(-n2ncc3c(NCCC4CNc5ccccc54)ncnc32)c(C)c1.